The first kappa shape index (κ1) is 15.3. The van der Waals surface area contributed by atoms with Crippen LogP contribution in [-0.2, 0) is 9.47 Å². The third kappa shape index (κ3) is 4.11. The molecule has 0 radical (unpaired) electrons. The molecule has 0 heterocycles. The van der Waals surface area contributed by atoms with E-state index in [2.05, 4.69) is 4.74 Å². The van der Waals surface area contributed by atoms with Gasteiger partial charge in [-0.05, 0) is 12.1 Å². The maximum absolute atomic E-state index is 11.6. The molecule has 6 nitrogen and oxygen atoms in total. The van der Waals surface area contributed by atoms with Crippen molar-refractivity contribution in [1.29, 1.82) is 0 Å². The molecule has 106 valence electrons. The van der Waals surface area contributed by atoms with Crippen molar-refractivity contribution in [3.8, 4) is 11.5 Å². The summed E-state index contributed by atoms with van der Waals surface area (Å²) < 4.78 is 20.0. The van der Waals surface area contributed by atoms with E-state index in [0.717, 1.165) is 0 Å². The minimum Gasteiger partial charge on any atom is -0.493 e. The smallest absolute Gasteiger partial charge is 0.341 e. The number of para-hydroxylation sites is 1. The lowest BCUT2D eigenvalue weighted by Crippen LogP contribution is -2.23. The molecule has 1 aromatic rings. The molecule has 1 N–H and O–H groups in total. The van der Waals surface area contributed by atoms with Crippen LogP contribution in [-0.4, -0.2) is 51.7 Å². The first-order valence-corrected chi connectivity index (χ1v) is 5.69. The van der Waals surface area contributed by atoms with Gasteiger partial charge >= 0.3 is 5.97 Å². The standard InChI is InChI=1S/C13H18O6/c1-16-7-9(14)8-19-12-10(13(15)18-3)5-4-6-11(12)17-2/h4-6,9,14H,7-8H2,1-3H3/t9-/m0/s1. The Kier molecular flexibility index (Phi) is 6.11. The van der Waals surface area contributed by atoms with Gasteiger partial charge in [-0.3, -0.25) is 0 Å². The van der Waals surface area contributed by atoms with Crippen LogP contribution < -0.4 is 9.47 Å². The van der Waals surface area contributed by atoms with Crippen LogP contribution in [0.4, 0.5) is 0 Å². The van der Waals surface area contributed by atoms with Crippen molar-refractivity contribution in [2.24, 2.45) is 0 Å². The van der Waals surface area contributed by atoms with Gasteiger partial charge in [-0.25, -0.2) is 4.79 Å². The Bertz CT molecular complexity index is 418. The highest BCUT2D eigenvalue weighted by atomic mass is 16.5. The first-order chi connectivity index (χ1) is 9.13. The summed E-state index contributed by atoms with van der Waals surface area (Å²) in [6, 6.07) is 4.88. The zero-order valence-corrected chi connectivity index (χ0v) is 11.2. The van der Waals surface area contributed by atoms with Crippen LogP contribution in [0.15, 0.2) is 18.2 Å². The van der Waals surface area contributed by atoms with Crippen LogP contribution in [0.1, 0.15) is 10.4 Å². The number of aliphatic hydroxyl groups excluding tert-OH is 1. The third-order valence-corrected chi connectivity index (χ3v) is 2.38. The Morgan fingerprint density at radius 2 is 2.00 bits per heavy atom. The fourth-order valence-corrected chi connectivity index (χ4v) is 1.52. The maximum atomic E-state index is 11.6. The highest BCUT2D eigenvalue weighted by Gasteiger charge is 2.18. The van der Waals surface area contributed by atoms with E-state index in [0.29, 0.717) is 5.75 Å². The number of ether oxygens (including phenoxy) is 4. The van der Waals surface area contributed by atoms with E-state index < -0.39 is 12.1 Å². The Labute approximate surface area is 111 Å². The maximum Gasteiger partial charge on any atom is 0.341 e. The molecule has 0 fully saturated rings. The number of esters is 1. The lowest BCUT2D eigenvalue weighted by molar-refractivity contribution is 0.0310. The molecular formula is C13H18O6. The number of benzene rings is 1. The van der Waals surface area contributed by atoms with Crippen molar-refractivity contribution in [1.82, 2.24) is 0 Å². The van der Waals surface area contributed by atoms with Gasteiger partial charge in [0.25, 0.3) is 0 Å². The topological polar surface area (TPSA) is 74.2 Å². The SMILES string of the molecule is COC[C@H](O)COc1c(OC)cccc1C(=O)OC. The van der Waals surface area contributed by atoms with Crippen LogP contribution in [0.25, 0.3) is 0 Å². The molecule has 0 bridgehead atoms. The highest BCUT2D eigenvalue weighted by Crippen LogP contribution is 2.31. The van der Waals surface area contributed by atoms with Crippen molar-refractivity contribution in [3.63, 3.8) is 0 Å². The third-order valence-electron chi connectivity index (χ3n) is 2.38. The molecule has 0 aromatic heterocycles. The Hall–Kier alpha value is -1.79. The summed E-state index contributed by atoms with van der Waals surface area (Å²) in [5.74, 6) is 0.106. The first-order valence-electron chi connectivity index (χ1n) is 5.69. The summed E-state index contributed by atoms with van der Waals surface area (Å²) in [6.07, 6.45) is -0.791. The summed E-state index contributed by atoms with van der Waals surface area (Å²) in [7, 11) is 4.23. The largest absolute Gasteiger partial charge is 0.493 e. The quantitative estimate of drug-likeness (QED) is 0.741. The summed E-state index contributed by atoms with van der Waals surface area (Å²) in [5.41, 5.74) is 0.242. The number of aliphatic hydroxyl groups is 1. The molecule has 0 saturated carbocycles. The van der Waals surface area contributed by atoms with Crippen molar-refractivity contribution in [3.05, 3.63) is 23.8 Å². The van der Waals surface area contributed by atoms with Gasteiger partial charge in [-0.1, -0.05) is 6.07 Å². The van der Waals surface area contributed by atoms with Crippen molar-refractivity contribution >= 4 is 5.97 Å². The number of carbonyl (C=O) groups is 1. The Morgan fingerprint density at radius 3 is 2.58 bits per heavy atom. The second kappa shape index (κ2) is 7.60. The second-order valence-corrected chi connectivity index (χ2v) is 3.75. The number of hydrogen-bond acceptors (Lipinski definition) is 6. The lowest BCUT2D eigenvalue weighted by Gasteiger charge is -2.16. The van der Waals surface area contributed by atoms with Crippen molar-refractivity contribution in [2.45, 2.75) is 6.10 Å². The van der Waals surface area contributed by atoms with E-state index in [1.54, 1.807) is 18.2 Å². The molecule has 0 aliphatic heterocycles. The van der Waals surface area contributed by atoms with E-state index in [4.69, 9.17) is 14.2 Å². The monoisotopic (exact) mass is 270 g/mol. The molecule has 1 aromatic carbocycles. The normalized spacial score (nSPS) is 11.8. The summed E-state index contributed by atoms with van der Waals surface area (Å²) in [6.45, 7) is 0.126. The predicted molar refractivity (Wildman–Crippen MR) is 67.7 cm³/mol. The summed E-state index contributed by atoms with van der Waals surface area (Å²) >= 11 is 0. The molecule has 0 spiro atoms. The second-order valence-electron chi connectivity index (χ2n) is 3.75. The highest BCUT2D eigenvalue weighted by molar-refractivity contribution is 5.93. The number of rotatable bonds is 7. The van der Waals surface area contributed by atoms with E-state index >= 15 is 0 Å². The molecule has 0 aliphatic rings. The Balaban J connectivity index is 2.92. The van der Waals surface area contributed by atoms with Gasteiger partial charge in [0.1, 0.15) is 18.3 Å². The zero-order chi connectivity index (χ0) is 14.3. The van der Waals surface area contributed by atoms with Crippen molar-refractivity contribution < 1.29 is 28.8 Å². The van der Waals surface area contributed by atoms with E-state index in [9.17, 15) is 9.90 Å². The summed E-state index contributed by atoms with van der Waals surface area (Å²) in [4.78, 5) is 11.6. The number of carbonyl (C=O) groups excluding carboxylic acids is 1. The molecule has 0 unspecified atom stereocenters. The van der Waals surface area contributed by atoms with Crippen LogP contribution in [0.5, 0.6) is 11.5 Å². The fraction of sp³-hybridized carbons (Fsp3) is 0.462. The predicted octanol–water partition coefficient (Wildman–Crippen LogP) is 0.868. The molecule has 1 atom stereocenters. The van der Waals surface area contributed by atoms with Gasteiger partial charge < -0.3 is 24.1 Å². The number of hydrogen-bond donors (Lipinski definition) is 1. The molecular weight excluding hydrogens is 252 g/mol. The summed E-state index contributed by atoms with van der Waals surface area (Å²) in [5, 5.41) is 9.55. The molecule has 0 aliphatic carbocycles. The van der Waals surface area contributed by atoms with Crippen LogP contribution in [0.3, 0.4) is 0 Å². The van der Waals surface area contributed by atoms with E-state index in [-0.39, 0.29) is 24.5 Å². The molecule has 19 heavy (non-hydrogen) atoms. The minimum absolute atomic E-state index is 0.0157. The molecule has 0 saturated heterocycles. The van der Waals surface area contributed by atoms with Crippen LogP contribution >= 0.6 is 0 Å². The van der Waals surface area contributed by atoms with Crippen molar-refractivity contribution in [2.75, 3.05) is 34.5 Å². The fourth-order valence-electron chi connectivity index (χ4n) is 1.52. The van der Waals surface area contributed by atoms with Crippen LogP contribution in [0.2, 0.25) is 0 Å². The lowest BCUT2D eigenvalue weighted by atomic mass is 10.2. The molecule has 1 rings (SSSR count). The van der Waals surface area contributed by atoms with Gasteiger partial charge in [-0.2, -0.15) is 0 Å². The molecule has 0 amide bonds. The van der Waals surface area contributed by atoms with E-state index in [1.807, 2.05) is 0 Å². The number of methoxy groups -OCH3 is 3. The van der Waals surface area contributed by atoms with Gasteiger partial charge in [0.15, 0.2) is 11.5 Å². The average Bonchev–Trinajstić information content (AvgIpc) is 2.44. The van der Waals surface area contributed by atoms with E-state index in [1.165, 1.54) is 21.3 Å². The van der Waals surface area contributed by atoms with Crippen LogP contribution in [0, 0.1) is 0 Å². The molecule has 6 heteroatoms. The van der Waals surface area contributed by atoms with Gasteiger partial charge in [0.05, 0.1) is 20.8 Å². The minimum atomic E-state index is -0.791. The average molecular weight is 270 g/mol. The van der Waals surface area contributed by atoms with Gasteiger partial charge in [0.2, 0.25) is 0 Å². The van der Waals surface area contributed by atoms with Gasteiger partial charge in [0, 0.05) is 7.11 Å². The Morgan fingerprint density at radius 1 is 1.26 bits per heavy atom. The zero-order valence-electron chi connectivity index (χ0n) is 11.2. The van der Waals surface area contributed by atoms with Gasteiger partial charge in [-0.15, -0.1) is 0 Å².